The predicted molar refractivity (Wildman–Crippen MR) is 103 cm³/mol. The lowest BCUT2D eigenvalue weighted by Gasteiger charge is -2.43. The van der Waals surface area contributed by atoms with Crippen LogP contribution in [0.5, 0.6) is 0 Å². The summed E-state index contributed by atoms with van der Waals surface area (Å²) in [5.74, 6) is -0.463. The Morgan fingerprint density at radius 1 is 1.31 bits per heavy atom. The zero-order chi connectivity index (χ0) is 19.7. The van der Waals surface area contributed by atoms with Crippen LogP contribution in [-0.2, 0) is 14.3 Å². The molecule has 0 aromatic carbocycles. The summed E-state index contributed by atoms with van der Waals surface area (Å²) in [6, 6.07) is 0. The van der Waals surface area contributed by atoms with Crippen molar-refractivity contribution in [1.29, 1.82) is 0 Å². The Morgan fingerprint density at radius 3 is 2.54 bits per heavy atom. The van der Waals surface area contributed by atoms with Gasteiger partial charge < -0.3 is 9.84 Å². The maximum atomic E-state index is 12.8. The molecule has 4 unspecified atom stereocenters. The summed E-state index contributed by atoms with van der Waals surface area (Å²) in [6.45, 7) is 11.4. The molecule has 146 valence electrons. The Kier molecular flexibility index (Phi) is 6.17. The van der Waals surface area contributed by atoms with Crippen molar-refractivity contribution in [2.75, 3.05) is 0 Å². The van der Waals surface area contributed by atoms with Gasteiger partial charge in [-0.05, 0) is 57.1 Å². The Hall–Kier alpha value is -1.42. The molecule has 1 N–H and O–H groups in total. The van der Waals surface area contributed by atoms with E-state index in [1.54, 1.807) is 0 Å². The first-order valence-corrected chi connectivity index (χ1v) is 9.77. The third-order valence-electron chi connectivity index (χ3n) is 6.66. The van der Waals surface area contributed by atoms with Crippen LogP contribution in [0.3, 0.4) is 0 Å². The van der Waals surface area contributed by atoms with Crippen LogP contribution in [0.25, 0.3) is 0 Å². The quantitative estimate of drug-likeness (QED) is 0.585. The molecule has 0 saturated heterocycles. The molecule has 4 heteroatoms. The van der Waals surface area contributed by atoms with E-state index in [0.717, 1.165) is 30.4 Å². The number of hydrogen-bond acceptors (Lipinski definition) is 4. The fourth-order valence-electron chi connectivity index (χ4n) is 4.69. The van der Waals surface area contributed by atoms with Gasteiger partial charge >= 0.3 is 5.97 Å². The summed E-state index contributed by atoms with van der Waals surface area (Å²) in [5.41, 5.74) is 0.518. The number of allylic oxidation sites excluding steroid dienone is 3. The van der Waals surface area contributed by atoms with E-state index >= 15 is 0 Å². The summed E-state index contributed by atoms with van der Waals surface area (Å²) >= 11 is 0. The number of esters is 1. The summed E-state index contributed by atoms with van der Waals surface area (Å²) in [7, 11) is 0. The SMILES string of the molecule is CC(=O)OC1C=C(C)CCC=C(C)C(=O)CC2C1(C)CCC2(O)C(C)C. The van der Waals surface area contributed by atoms with Gasteiger partial charge in [-0.3, -0.25) is 9.59 Å². The minimum Gasteiger partial charge on any atom is -0.458 e. The van der Waals surface area contributed by atoms with Gasteiger partial charge in [-0.25, -0.2) is 0 Å². The molecule has 0 radical (unpaired) electrons. The number of hydrogen-bond donors (Lipinski definition) is 1. The van der Waals surface area contributed by atoms with Crippen molar-refractivity contribution >= 4 is 11.8 Å². The fourth-order valence-corrected chi connectivity index (χ4v) is 4.69. The number of Topliss-reactive ketones (excluding diaryl/α,β-unsaturated/α-hetero) is 1. The van der Waals surface area contributed by atoms with Crippen molar-refractivity contribution in [2.24, 2.45) is 17.3 Å². The molecule has 1 fully saturated rings. The molecule has 0 aromatic rings. The van der Waals surface area contributed by atoms with E-state index in [1.165, 1.54) is 6.92 Å². The van der Waals surface area contributed by atoms with E-state index < -0.39 is 17.1 Å². The van der Waals surface area contributed by atoms with E-state index in [4.69, 9.17) is 4.74 Å². The van der Waals surface area contributed by atoms with Gasteiger partial charge in [0, 0.05) is 24.7 Å². The van der Waals surface area contributed by atoms with Gasteiger partial charge in [0.25, 0.3) is 0 Å². The average Bonchev–Trinajstić information content (AvgIpc) is 2.80. The van der Waals surface area contributed by atoms with Gasteiger partial charge in [0.15, 0.2) is 5.78 Å². The third kappa shape index (κ3) is 3.95. The molecular weight excluding hydrogens is 328 g/mol. The normalized spacial score (nSPS) is 36.1. The molecule has 0 aliphatic heterocycles. The molecule has 4 atom stereocenters. The summed E-state index contributed by atoms with van der Waals surface area (Å²) in [5, 5.41) is 11.5. The average molecular weight is 363 g/mol. The van der Waals surface area contributed by atoms with E-state index in [2.05, 4.69) is 6.92 Å². The van der Waals surface area contributed by atoms with Crippen molar-refractivity contribution in [3.63, 3.8) is 0 Å². The summed E-state index contributed by atoms with van der Waals surface area (Å²) in [4.78, 5) is 24.6. The van der Waals surface area contributed by atoms with E-state index in [9.17, 15) is 14.7 Å². The maximum absolute atomic E-state index is 12.8. The van der Waals surface area contributed by atoms with Crippen molar-refractivity contribution in [3.05, 3.63) is 23.3 Å². The lowest BCUT2D eigenvalue weighted by atomic mass is 9.66. The van der Waals surface area contributed by atoms with Crippen LogP contribution in [0.15, 0.2) is 23.3 Å². The van der Waals surface area contributed by atoms with Crippen molar-refractivity contribution in [3.8, 4) is 0 Å². The molecule has 2 aliphatic carbocycles. The van der Waals surface area contributed by atoms with Crippen LogP contribution in [0, 0.1) is 17.3 Å². The highest BCUT2D eigenvalue weighted by Crippen LogP contribution is 2.56. The van der Waals surface area contributed by atoms with Crippen LogP contribution in [0.4, 0.5) is 0 Å². The van der Waals surface area contributed by atoms with Gasteiger partial charge in [0.05, 0.1) is 5.60 Å². The van der Waals surface area contributed by atoms with E-state index in [1.807, 2.05) is 39.8 Å². The summed E-state index contributed by atoms with van der Waals surface area (Å²) < 4.78 is 5.73. The zero-order valence-corrected chi connectivity index (χ0v) is 17.1. The van der Waals surface area contributed by atoms with Crippen molar-refractivity contribution in [2.45, 2.75) is 85.4 Å². The summed E-state index contributed by atoms with van der Waals surface area (Å²) in [6.07, 6.45) is 6.87. The molecule has 0 heterocycles. The number of carbonyl (C=O) groups excluding carboxylic acids is 2. The fraction of sp³-hybridized carbons (Fsp3) is 0.727. The second-order valence-electron chi connectivity index (χ2n) is 8.80. The topological polar surface area (TPSA) is 63.6 Å². The third-order valence-corrected chi connectivity index (χ3v) is 6.66. The first-order chi connectivity index (χ1) is 12.0. The lowest BCUT2D eigenvalue weighted by Crippen LogP contribution is -2.48. The number of ether oxygens (including phenoxy) is 1. The van der Waals surface area contributed by atoms with Crippen LogP contribution >= 0.6 is 0 Å². The van der Waals surface area contributed by atoms with Crippen molar-refractivity contribution < 1.29 is 19.4 Å². The van der Waals surface area contributed by atoms with Gasteiger partial charge in [0.2, 0.25) is 0 Å². The molecule has 0 amide bonds. The van der Waals surface area contributed by atoms with Crippen LogP contribution in [0.2, 0.25) is 0 Å². The van der Waals surface area contributed by atoms with Gasteiger partial charge in [-0.1, -0.05) is 32.4 Å². The Morgan fingerprint density at radius 2 is 1.96 bits per heavy atom. The number of carbonyl (C=O) groups is 2. The highest BCUT2D eigenvalue weighted by Gasteiger charge is 2.59. The molecule has 1 saturated carbocycles. The largest absolute Gasteiger partial charge is 0.458 e. The zero-order valence-electron chi connectivity index (χ0n) is 17.1. The second-order valence-corrected chi connectivity index (χ2v) is 8.80. The molecule has 4 nitrogen and oxygen atoms in total. The van der Waals surface area contributed by atoms with Gasteiger partial charge in [-0.2, -0.15) is 0 Å². The van der Waals surface area contributed by atoms with Crippen LogP contribution in [-0.4, -0.2) is 28.6 Å². The molecule has 0 aromatic heterocycles. The van der Waals surface area contributed by atoms with Crippen molar-refractivity contribution in [1.82, 2.24) is 0 Å². The number of rotatable bonds is 2. The molecule has 26 heavy (non-hydrogen) atoms. The predicted octanol–water partition coefficient (Wildman–Crippen LogP) is 4.37. The highest BCUT2D eigenvalue weighted by molar-refractivity contribution is 5.95. The molecule has 0 spiro atoms. The molecule has 2 rings (SSSR count). The monoisotopic (exact) mass is 362 g/mol. The molecule has 0 bridgehead atoms. The number of fused-ring (bicyclic) bond motifs is 1. The Bertz CT molecular complexity index is 630. The van der Waals surface area contributed by atoms with Gasteiger partial charge in [0.1, 0.15) is 6.10 Å². The molecular formula is C22H34O4. The lowest BCUT2D eigenvalue weighted by molar-refractivity contribution is -0.155. The maximum Gasteiger partial charge on any atom is 0.303 e. The molecule has 2 aliphatic rings. The van der Waals surface area contributed by atoms with E-state index in [-0.39, 0.29) is 30.0 Å². The second kappa shape index (κ2) is 7.67. The first-order valence-electron chi connectivity index (χ1n) is 9.77. The Labute approximate surface area is 157 Å². The van der Waals surface area contributed by atoms with Crippen LogP contribution < -0.4 is 0 Å². The Balaban J connectivity index is 2.57. The first kappa shape index (κ1) is 20.9. The number of ketones is 1. The van der Waals surface area contributed by atoms with E-state index in [0.29, 0.717) is 6.42 Å². The van der Waals surface area contributed by atoms with Gasteiger partial charge in [-0.15, -0.1) is 0 Å². The minimum atomic E-state index is -0.932. The smallest absolute Gasteiger partial charge is 0.303 e. The highest BCUT2D eigenvalue weighted by atomic mass is 16.5. The van der Waals surface area contributed by atoms with Crippen LogP contribution in [0.1, 0.15) is 73.6 Å². The minimum absolute atomic E-state index is 0.0274. The number of aliphatic hydroxyl groups is 1. The standard InChI is InChI=1S/C22H34O4/c1-14(2)22(25)11-10-21(6)19(22)13-18(24)16(4)9-7-8-15(3)12-20(21)26-17(5)23/h9,12,14,19-20,25H,7-8,10-11,13H2,1-6H3.